The maximum absolute atomic E-state index is 9.03. The summed E-state index contributed by atoms with van der Waals surface area (Å²) in [6.45, 7) is 4.44. The Morgan fingerprint density at radius 2 is 2.12 bits per heavy atom. The van der Waals surface area contributed by atoms with E-state index in [2.05, 4.69) is 6.07 Å². The van der Waals surface area contributed by atoms with Crippen LogP contribution in [0.1, 0.15) is 30.9 Å². The zero-order valence-corrected chi connectivity index (χ0v) is 10.8. The monoisotopic (exact) mass is 257 g/mol. The van der Waals surface area contributed by atoms with Crippen molar-refractivity contribution in [1.29, 1.82) is 5.26 Å². The Labute approximate surface area is 106 Å². The standard InChI is InChI=1S/C12H13Cl2NO/c1-8(2)9-5-10(7-15)12(11(14)6-9)16-4-3-13/h5-6,8H,3-4H2,1-2H3. The second kappa shape index (κ2) is 5.98. The van der Waals surface area contributed by atoms with Crippen molar-refractivity contribution < 1.29 is 4.74 Å². The number of benzene rings is 1. The third-order valence-electron chi connectivity index (χ3n) is 2.18. The highest BCUT2D eigenvalue weighted by Crippen LogP contribution is 2.32. The molecular formula is C12H13Cl2NO. The van der Waals surface area contributed by atoms with Gasteiger partial charge in [0.2, 0.25) is 0 Å². The molecule has 0 atom stereocenters. The number of ether oxygens (including phenoxy) is 1. The minimum Gasteiger partial charge on any atom is -0.489 e. The average Bonchev–Trinajstić information content (AvgIpc) is 2.26. The van der Waals surface area contributed by atoms with Crippen molar-refractivity contribution >= 4 is 23.2 Å². The highest BCUT2D eigenvalue weighted by atomic mass is 35.5. The van der Waals surface area contributed by atoms with Gasteiger partial charge in [-0.3, -0.25) is 0 Å². The Bertz CT molecular complexity index is 410. The molecule has 0 radical (unpaired) electrons. The first-order valence-electron chi connectivity index (χ1n) is 5.02. The van der Waals surface area contributed by atoms with Crippen LogP contribution in [0, 0.1) is 11.3 Å². The summed E-state index contributed by atoms with van der Waals surface area (Å²) in [4.78, 5) is 0. The molecule has 4 heteroatoms. The summed E-state index contributed by atoms with van der Waals surface area (Å²) >= 11 is 11.6. The van der Waals surface area contributed by atoms with Crippen molar-refractivity contribution in [3.05, 3.63) is 28.3 Å². The molecule has 0 spiro atoms. The fourth-order valence-corrected chi connectivity index (χ4v) is 1.68. The predicted molar refractivity (Wildman–Crippen MR) is 66.5 cm³/mol. The van der Waals surface area contributed by atoms with E-state index in [0.717, 1.165) is 5.56 Å². The Balaban J connectivity index is 3.14. The number of hydrogen-bond acceptors (Lipinski definition) is 2. The molecular weight excluding hydrogens is 245 g/mol. The Morgan fingerprint density at radius 1 is 1.44 bits per heavy atom. The summed E-state index contributed by atoms with van der Waals surface area (Å²) in [5.41, 5.74) is 1.49. The van der Waals surface area contributed by atoms with Crippen LogP contribution in [0.15, 0.2) is 12.1 Å². The molecule has 0 N–H and O–H groups in total. The summed E-state index contributed by atoms with van der Waals surface area (Å²) in [5, 5.41) is 9.49. The zero-order chi connectivity index (χ0) is 12.1. The van der Waals surface area contributed by atoms with Crippen LogP contribution in [-0.2, 0) is 0 Å². The molecule has 0 aliphatic rings. The van der Waals surface area contributed by atoms with Gasteiger partial charge in [0.05, 0.1) is 16.5 Å². The van der Waals surface area contributed by atoms with Crippen LogP contribution in [0.25, 0.3) is 0 Å². The quantitative estimate of drug-likeness (QED) is 0.766. The van der Waals surface area contributed by atoms with E-state index in [1.165, 1.54) is 0 Å². The SMILES string of the molecule is CC(C)c1cc(Cl)c(OCCCl)c(C#N)c1. The van der Waals surface area contributed by atoms with Gasteiger partial charge in [0.15, 0.2) is 5.75 Å². The highest BCUT2D eigenvalue weighted by Gasteiger charge is 2.12. The van der Waals surface area contributed by atoms with Crippen LogP contribution in [0.4, 0.5) is 0 Å². The number of rotatable bonds is 4. The number of hydrogen-bond donors (Lipinski definition) is 0. The molecule has 0 heterocycles. The molecule has 16 heavy (non-hydrogen) atoms. The largest absolute Gasteiger partial charge is 0.489 e. The molecule has 0 fully saturated rings. The predicted octanol–water partition coefficient (Wildman–Crippen LogP) is 3.95. The maximum atomic E-state index is 9.03. The lowest BCUT2D eigenvalue weighted by molar-refractivity contribution is 0.342. The van der Waals surface area contributed by atoms with Crippen molar-refractivity contribution in [2.24, 2.45) is 0 Å². The van der Waals surface area contributed by atoms with Crippen LogP contribution in [0.5, 0.6) is 5.75 Å². The highest BCUT2D eigenvalue weighted by molar-refractivity contribution is 6.32. The molecule has 0 aliphatic carbocycles. The molecule has 0 bridgehead atoms. The lowest BCUT2D eigenvalue weighted by Gasteiger charge is -2.12. The van der Waals surface area contributed by atoms with Gasteiger partial charge in [-0.1, -0.05) is 25.4 Å². The Kier molecular flexibility index (Phi) is 4.92. The van der Waals surface area contributed by atoms with Crippen LogP contribution in [0.2, 0.25) is 5.02 Å². The summed E-state index contributed by atoms with van der Waals surface area (Å²) in [6.07, 6.45) is 0. The molecule has 0 unspecified atom stereocenters. The summed E-state index contributed by atoms with van der Waals surface area (Å²) < 4.78 is 5.36. The lowest BCUT2D eigenvalue weighted by atomic mass is 10.0. The van der Waals surface area contributed by atoms with Crippen molar-refractivity contribution in [1.82, 2.24) is 0 Å². The van der Waals surface area contributed by atoms with Gasteiger partial charge < -0.3 is 4.74 Å². The van der Waals surface area contributed by atoms with Crippen molar-refractivity contribution in [3.8, 4) is 11.8 Å². The lowest BCUT2D eigenvalue weighted by Crippen LogP contribution is -2.02. The molecule has 86 valence electrons. The van der Waals surface area contributed by atoms with E-state index in [0.29, 0.717) is 34.7 Å². The van der Waals surface area contributed by atoms with Gasteiger partial charge in [0, 0.05) is 0 Å². The number of alkyl halides is 1. The minimum atomic E-state index is 0.326. The van der Waals surface area contributed by atoms with E-state index in [9.17, 15) is 0 Å². The normalized spacial score (nSPS) is 10.2. The van der Waals surface area contributed by atoms with E-state index >= 15 is 0 Å². The molecule has 0 saturated heterocycles. The van der Waals surface area contributed by atoms with E-state index in [1.807, 2.05) is 19.9 Å². The molecule has 1 rings (SSSR count). The number of nitriles is 1. The third-order valence-corrected chi connectivity index (χ3v) is 2.61. The van der Waals surface area contributed by atoms with Crippen LogP contribution >= 0.6 is 23.2 Å². The first-order valence-corrected chi connectivity index (χ1v) is 5.93. The van der Waals surface area contributed by atoms with Crippen LogP contribution < -0.4 is 4.74 Å². The average molecular weight is 258 g/mol. The number of halogens is 2. The first-order chi connectivity index (χ1) is 7.60. The summed E-state index contributed by atoms with van der Waals surface area (Å²) in [5.74, 6) is 1.12. The van der Waals surface area contributed by atoms with Crippen LogP contribution in [-0.4, -0.2) is 12.5 Å². The second-order valence-corrected chi connectivity index (χ2v) is 4.47. The minimum absolute atomic E-state index is 0.326. The molecule has 1 aromatic carbocycles. The Morgan fingerprint density at radius 3 is 2.62 bits per heavy atom. The molecule has 0 aromatic heterocycles. The fraction of sp³-hybridized carbons (Fsp3) is 0.417. The van der Waals surface area contributed by atoms with Crippen LogP contribution in [0.3, 0.4) is 0 Å². The van der Waals surface area contributed by atoms with E-state index in [1.54, 1.807) is 6.07 Å². The number of nitrogens with zero attached hydrogens (tertiary/aromatic N) is 1. The second-order valence-electron chi connectivity index (χ2n) is 3.68. The molecule has 0 aliphatic heterocycles. The van der Waals surface area contributed by atoms with E-state index < -0.39 is 0 Å². The maximum Gasteiger partial charge on any atom is 0.155 e. The van der Waals surface area contributed by atoms with Crippen molar-refractivity contribution in [3.63, 3.8) is 0 Å². The summed E-state index contributed by atoms with van der Waals surface area (Å²) in [7, 11) is 0. The third kappa shape index (κ3) is 3.04. The smallest absolute Gasteiger partial charge is 0.155 e. The zero-order valence-electron chi connectivity index (χ0n) is 9.26. The molecule has 0 amide bonds. The van der Waals surface area contributed by atoms with Gasteiger partial charge in [0.1, 0.15) is 12.7 Å². The molecule has 2 nitrogen and oxygen atoms in total. The van der Waals surface area contributed by atoms with Gasteiger partial charge >= 0.3 is 0 Å². The van der Waals surface area contributed by atoms with Gasteiger partial charge in [0.25, 0.3) is 0 Å². The fourth-order valence-electron chi connectivity index (χ4n) is 1.32. The topological polar surface area (TPSA) is 33.0 Å². The van der Waals surface area contributed by atoms with Crippen molar-refractivity contribution in [2.45, 2.75) is 19.8 Å². The first kappa shape index (κ1) is 13.2. The van der Waals surface area contributed by atoms with Gasteiger partial charge in [-0.05, 0) is 23.6 Å². The summed E-state index contributed by atoms with van der Waals surface area (Å²) in [6, 6.07) is 5.72. The Hall–Kier alpha value is -0.910. The molecule has 1 aromatic rings. The van der Waals surface area contributed by atoms with Gasteiger partial charge in [-0.2, -0.15) is 5.26 Å². The van der Waals surface area contributed by atoms with Gasteiger partial charge in [-0.15, -0.1) is 11.6 Å². The van der Waals surface area contributed by atoms with E-state index in [4.69, 9.17) is 33.2 Å². The van der Waals surface area contributed by atoms with Crippen molar-refractivity contribution in [2.75, 3.05) is 12.5 Å². The van der Waals surface area contributed by atoms with E-state index in [-0.39, 0.29) is 0 Å². The van der Waals surface area contributed by atoms with Gasteiger partial charge in [-0.25, -0.2) is 0 Å². The molecule has 0 saturated carbocycles.